The zero-order valence-corrected chi connectivity index (χ0v) is 8.38. The number of hydrogen-bond donors (Lipinski definition) is 0. The summed E-state index contributed by atoms with van der Waals surface area (Å²) in [4.78, 5) is 4.15. The van der Waals surface area contributed by atoms with Gasteiger partial charge in [-0.2, -0.15) is 0 Å². The Morgan fingerprint density at radius 1 is 1.57 bits per heavy atom. The molecule has 74 valence electrons. The van der Waals surface area contributed by atoms with Gasteiger partial charge in [-0.15, -0.1) is 0 Å². The molecule has 1 aromatic carbocycles. The molecule has 1 aliphatic rings. The smallest absolute Gasteiger partial charge is 0.170 e. The number of hydrogen-bond acceptors (Lipinski definition) is 2. The van der Waals surface area contributed by atoms with E-state index in [1.54, 1.807) is 6.07 Å². The Bertz CT molecular complexity index is 394. The van der Waals surface area contributed by atoms with Crippen LogP contribution in [0.4, 0.5) is 4.39 Å². The van der Waals surface area contributed by atoms with Crippen LogP contribution in [0.15, 0.2) is 23.2 Å². The van der Waals surface area contributed by atoms with Crippen LogP contribution in [0.1, 0.15) is 12.5 Å². The number of halogens is 2. The summed E-state index contributed by atoms with van der Waals surface area (Å²) in [5.74, 6) is -0.424. The standard InChI is InChI=1S/C10H9ClFNO/c1-10(5-14-6-13-10)7-2-3-8(11)9(12)4-7/h2-4,6H,5H2,1H3. The zero-order valence-electron chi connectivity index (χ0n) is 7.63. The lowest BCUT2D eigenvalue weighted by atomic mass is 9.94. The van der Waals surface area contributed by atoms with Crippen molar-refractivity contribution >= 4 is 18.0 Å². The van der Waals surface area contributed by atoms with E-state index in [1.807, 2.05) is 6.92 Å². The lowest BCUT2D eigenvalue weighted by Gasteiger charge is -2.19. The molecule has 0 spiro atoms. The molecule has 0 amide bonds. The summed E-state index contributed by atoms with van der Waals surface area (Å²) in [7, 11) is 0. The van der Waals surface area contributed by atoms with Crippen LogP contribution in [0, 0.1) is 5.82 Å². The first-order chi connectivity index (χ1) is 6.62. The van der Waals surface area contributed by atoms with E-state index in [9.17, 15) is 4.39 Å². The van der Waals surface area contributed by atoms with Crippen molar-refractivity contribution in [3.63, 3.8) is 0 Å². The third-order valence-corrected chi connectivity index (χ3v) is 2.62. The van der Waals surface area contributed by atoms with Gasteiger partial charge in [-0.25, -0.2) is 9.38 Å². The summed E-state index contributed by atoms with van der Waals surface area (Å²) < 4.78 is 18.2. The van der Waals surface area contributed by atoms with Gasteiger partial charge in [0, 0.05) is 0 Å². The Labute approximate surface area is 86.4 Å². The van der Waals surface area contributed by atoms with Crippen molar-refractivity contribution in [3.8, 4) is 0 Å². The molecular formula is C10H9ClFNO. The van der Waals surface area contributed by atoms with E-state index >= 15 is 0 Å². The molecule has 1 heterocycles. The molecule has 1 aliphatic heterocycles. The number of nitrogens with zero attached hydrogens (tertiary/aromatic N) is 1. The summed E-state index contributed by atoms with van der Waals surface area (Å²) in [6.07, 6.45) is 1.40. The average molecular weight is 214 g/mol. The van der Waals surface area contributed by atoms with Crippen LogP contribution in [0.5, 0.6) is 0 Å². The molecule has 0 radical (unpaired) electrons. The second-order valence-electron chi connectivity index (χ2n) is 3.45. The lowest BCUT2D eigenvalue weighted by Crippen LogP contribution is -2.20. The van der Waals surface area contributed by atoms with E-state index in [4.69, 9.17) is 16.3 Å². The van der Waals surface area contributed by atoms with Crippen molar-refractivity contribution in [1.82, 2.24) is 0 Å². The van der Waals surface area contributed by atoms with Crippen LogP contribution in [-0.4, -0.2) is 13.0 Å². The van der Waals surface area contributed by atoms with E-state index in [1.165, 1.54) is 18.5 Å². The maximum absolute atomic E-state index is 13.2. The molecule has 1 unspecified atom stereocenters. The van der Waals surface area contributed by atoms with Crippen LogP contribution < -0.4 is 0 Å². The fourth-order valence-corrected chi connectivity index (χ4v) is 1.50. The summed E-state index contributed by atoms with van der Waals surface area (Å²) in [6, 6.07) is 4.69. The SMILES string of the molecule is CC1(c2ccc(Cl)c(F)c2)COC=N1. The van der Waals surface area contributed by atoms with Gasteiger partial charge < -0.3 is 4.74 Å². The van der Waals surface area contributed by atoms with Crippen molar-refractivity contribution < 1.29 is 9.13 Å². The zero-order chi connectivity index (χ0) is 10.2. The highest BCUT2D eigenvalue weighted by Crippen LogP contribution is 2.30. The summed E-state index contributed by atoms with van der Waals surface area (Å²) in [5, 5.41) is 0.125. The molecule has 0 saturated heterocycles. The summed E-state index contributed by atoms with van der Waals surface area (Å²) in [6.45, 7) is 2.33. The van der Waals surface area contributed by atoms with Gasteiger partial charge in [-0.05, 0) is 24.6 Å². The van der Waals surface area contributed by atoms with Gasteiger partial charge in [0.1, 0.15) is 18.0 Å². The molecule has 1 aromatic rings. The van der Waals surface area contributed by atoms with Crippen molar-refractivity contribution in [1.29, 1.82) is 0 Å². The molecule has 0 aromatic heterocycles. The normalized spacial score (nSPS) is 25.1. The molecule has 2 nitrogen and oxygen atoms in total. The Morgan fingerprint density at radius 3 is 2.93 bits per heavy atom. The van der Waals surface area contributed by atoms with Gasteiger partial charge >= 0.3 is 0 Å². The minimum absolute atomic E-state index is 0.125. The van der Waals surface area contributed by atoms with Crippen LogP contribution in [-0.2, 0) is 10.3 Å². The van der Waals surface area contributed by atoms with E-state index < -0.39 is 11.4 Å². The predicted octanol–water partition coefficient (Wildman–Crippen LogP) is 2.75. The Morgan fingerprint density at radius 2 is 2.36 bits per heavy atom. The molecule has 4 heteroatoms. The maximum atomic E-state index is 13.2. The van der Waals surface area contributed by atoms with Gasteiger partial charge in [0.2, 0.25) is 0 Å². The van der Waals surface area contributed by atoms with Gasteiger partial charge in [0.05, 0.1) is 5.02 Å². The number of ether oxygens (including phenoxy) is 1. The highest BCUT2D eigenvalue weighted by Gasteiger charge is 2.30. The maximum Gasteiger partial charge on any atom is 0.170 e. The molecule has 0 fully saturated rings. The van der Waals surface area contributed by atoms with E-state index in [2.05, 4.69) is 4.99 Å². The monoisotopic (exact) mass is 213 g/mol. The second kappa shape index (κ2) is 3.24. The third kappa shape index (κ3) is 1.48. The molecule has 0 saturated carbocycles. The first-order valence-electron chi connectivity index (χ1n) is 4.23. The first kappa shape index (κ1) is 9.46. The molecule has 0 bridgehead atoms. The molecule has 14 heavy (non-hydrogen) atoms. The molecule has 0 N–H and O–H groups in total. The predicted molar refractivity (Wildman–Crippen MR) is 53.2 cm³/mol. The molecular weight excluding hydrogens is 205 g/mol. The number of benzene rings is 1. The minimum Gasteiger partial charge on any atom is -0.481 e. The summed E-state index contributed by atoms with van der Waals surface area (Å²) >= 11 is 5.59. The van der Waals surface area contributed by atoms with Crippen LogP contribution in [0.3, 0.4) is 0 Å². The highest BCUT2D eigenvalue weighted by molar-refractivity contribution is 6.30. The number of aliphatic imine (C=N–C) groups is 1. The molecule has 1 atom stereocenters. The Balaban J connectivity index is 2.42. The second-order valence-corrected chi connectivity index (χ2v) is 3.86. The summed E-state index contributed by atoms with van der Waals surface area (Å²) in [5.41, 5.74) is 0.291. The van der Waals surface area contributed by atoms with E-state index in [-0.39, 0.29) is 5.02 Å². The first-order valence-corrected chi connectivity index (χ1v) is 4.60. The molecule has 2 rings (SSSR count). The highest BCUT2D eigenvalue weighted by atomic mass is 35.5. The van der Waals surface area contributed by atoms with Crippen molar-refractivity contribution in [2.45, 2.75) is 12.5 Å². The number of rotatable bonds is 1. The van der Waals surface area contributed by atoms with Crippen molar-refractivity contribution in [3.05, 3.63) is 34.6 Å². The topological polar surface area (TPSA) is 21.6 Å². The van der Waals surface area contributed by atoms with E-state index in [0.29, 0.717) is 6.61 Å². The molecule has 0 aliphatic carbocycles. The fraction of sp³-hybridized carbons (Fsp3) is 0.300. The Hall–Kier alpha value is -1.09. The average Bonchev–Trinajstić information content (AvgIpc) is 2.58. The van der Waals surface area contributed by atoms with Crippen molar-refractivity contribution in [2.75, 3.05) is 6.61 Å². The fourth-order valence-electron chi connectivity index (χ4n) is 1.38. The van der Waals surface area contributed by atoms with Gasteiger partial charge in [-0.1, -0.05) is 17.7 Å². The minimum atomic E-state index is -0.481. The van der Waals surface area contributed by atoms with Gasteiger partial charge in [-0.3, -0.25) is 0 Å². The van der Waals surface area contributed by atoms with Crippen LogP contribution in [0.2, 0.25) is 5.02 Å². The largest absolute Gasteiger partial charge is 0.481 e. The Kier molecular flexibility index (Phi) is 2.19. The van der Waals surface area contributed by atoms with Gasteiger partial charge in [0.15, 0.2) is 6.40 Å². The lowest BCUT2D eigenvalue weighted by molar-refractivity contribution is 0.276. The van der Waals surface area contributed by atoms with E-state index in [0.717, 1.165) is 5.56 Å². The van der Waals surface area contributed by atoms with Crippen LogP contribution in [0.25, 0.3) is 0 Å². The quantitative estimate of drug-likeness (QED) is 0.703. The third-order valence-electron chi connectivity index (χ3n) is 2.32. The van der Waals surface area contributed by atoms with Gasteiger partial charge in [0.25, 0.3) is 0 Å². The van der Waals surface area contributed by atoms with Crippen LogP contribution >= 0.6 is 11.6 Å². The van der Waals surface area contributed by atoms with Crippen molar-refractivity contribution in [2.24, 2.45) is 4.99 Å².